The predicted octanol–water partition coefficient (Wildman–Crippen LogP) is 5.68. The van der Waals surface area contributed by atoms with Gasteiger partial charge in [-0.2, -0.15) is 0 Å². The molecule has 1 aliphatic carbocycles. The van der Waals surface area contributed by atoms with Crippen LogP contribution in [0.3, 0.4) is 0 Å². The average Bonchev–Trinajstić information content (AvgIpc) is 3.22. The Hall–Kier alpha value is -3.19. The van der Waals surface area contributed by atoms with Crippen LogP contribution in [0.2, 0.25) is 0 Å². The lowest BCUT2D eigenvalue weighted by atomic mass is 9.72. The maximum absolute atomic E-state index is 13.6. The number of anilines is 1. The van der Waals surface area contributed by atoms with E-state index in [1.807, 2.05) is 25.1 Å². The van der Waals surface area contributed by atoms with Gasteiger partial charge in [-0.1, -0.05) is 23.4 Å². The van der Waals surface area contributed by atoms with Gasteiger partial charge in [-0.25, -0.2) is 0 Å². The van der Waals surface area contributed by atoms with E-state index >= 15 is 0 Å². The zero-order valence-electron chi connectivity index (χ0n) is 19.1. The number of ether oxygens (including phenoxy) is 2. The molecular formula is C26H26N2O4S. The van der Waals surface area contributed by atoms with Crippen LogP contribution in [-0.4, -0.2) is 31.4 Å². The zero-order valence-corrected chi connectivity index (χ0v) is 19.9. The minimum atomic E-state index is -0.183. The van der Waals surface area contributed by atoms with Crippen molar-refractivity contribution in [1.29, 1.82) is 0 Å². The number of nitrogens with one attached hydrogen (secondary N) is 1. The van der Waals surface area contributed by atoms with E-state index in [9.17, 15) is 4.79 Å². The number of carbonyl (C=O) groups is 1. The number of Topliss-reactive ketones (excluding diaryl/α,β-unsaturated/α-hetero) is 1. The second-order valence-corrected chi connectivity index (χ2v) is 9.26. The molecule has 2 aromatic carbocycles. The van der Waals surface area contributed by atoms with Gasteiger partial charge in [0.05, 0.1) is 25.5 Å². The molecule has 2 heterocycles. The number of hydrogen-bond acceptors (Lipinski definition) is 7. The molecule has 3 aromatic rings. The lowest BCUT2D eigenvalue weighted by Crippen LogP contribution is -2.29. The van der Waals surface area contributed by atoms with E-state index < -0.39 is 0 Å². The van der Waals surface area contributed by atoms with Crippen molar-refractivity contribution in [3.05, 3.63) is 76.1 Å². The Morgan fingerprint density at radius 2 is 1.76 bits per heavy atom. The first-order valence-electron chi connectivity index (χ1n) is 10.9. The number of hydrogen-bond donors (Lipinski definition) is 1. The number of aryl methyl sites for hydroxylation is 1. The molecule has 6 nitrogen and oxygen atoms in total. The van der Waals surface area contributed by atoms with Crippen LogP contribution in [0.25, 0.3) is 0 Å². The molecule has 2 atom stereocenters. The van der Waals surface area contributed by atoms with E-state index in [1.54, 1.807) is 26.0 Å². The van der Waals surface area contributed by atoms with Crippen LogP contribution in [-0.2, 0) is 4.79 Å². The smallest absolute Gasteiger partial charge is 0.233 e. The van der Waals surface area contributed by atoms with Gasteiger partial charge in [-0.05, 0) is 60.9 Å². The van der Waals surface area contributed by atoms with Gasteiger partial charge in [0.25, 0.3) is 0 Å². The summed E-state index contributed by atoms with van der Waals surface area (Å²) in [5.41, 5.74) is 5.61. The summed E-state index contributed by atoms with van der Waals surface area (Å²) in [4.78, 5) is 14.8. The highest BCUT2D eigenvalue weighted by molar-refractivity contribution is 7.98. The molecule has 0 unspecified atom stereocenters. The molecule has 1 N–H and O–H groups in total. The number of allylic oxidation sites excluding steroid dienone is 2. The monoisotopic (exact) mass is 462 g/mol. The van der Waals surface area contributed by atoms with Crippen molar-refractivity contribution in [3.63, 3.8) is 0 Å². The Morgan fingerprint density at radius 3 is 2.45 bits per heavy atom. The van der Waals surface area contributed by atoms with E-state index in [2.05, 4.69) is 41.0 Å². The van der Waals surface area contributed by atoms with Crippen LogP contribution in [0, 0.1) is 6.92 Å². The number of carbonyl (C=O) groups excluding carboxylic acids is 1. The number of ketones is 1. The fourth-order valence-electron chi connectivity index (χ4n) is 4.94. The number of nitrogens with zero attached hydrogens (tertiary/aromatic N) is 1. The first-order chi connectivity index (χ1) is 16.0. The van der Waals surface area contributed by atoms with Crippen LogP contribution < -0.4 is 14.8 Å². The molecule has 0 radical (unpaired) electrons. The second kappa shape index (κ2) is 8.63. The van der Waals surface area contributed by atoms with Crippen LogP contribution in [0.5, 0.6) is 11.5 Å². The Balaban J connectivity index is 1.56. The maximum atomic E-state index is 13.6. The van der Waals surface area contributed by atoms with Crippen molar-refractivity contribution in [2.75, 3.05) is 25.8 Å². The second-order valence-electron chi connectivity index (χ2n) is 8.38. The highest BCUT2D eigenvalue weighted by Crippen LogP contribution is 2.49. The van der Waals surface area contributed by atoms with E-state index in [1.165, 1.54) is 4.90 Å². The molecule has 1 aliphatic heterocycles. The van der Waals surface area contributed by atoms with Gasteiger partial charge in [-0.15, -0.1) is 11.8 Å². The van der Waals surface area contributed by atoms with Crippen molar-refractivity contribution < 1.29 is 18.8 Å². The van der Waals surface area contributed by atoms with Gasteiger partial charge in [0.1, 0.15) is 0 Å². The summed E-state index contributed by atoms with van der Waals surface area (Å²) in [6.07, 6.45) is 3.20. The molecule has 0 saturated carbocycles. The summed E-state index contributed by atoms with van der Waals surface area (Å²) in [5, 5.41) is 7.59. The number of methoxy groups -OCH3 is 2. The first-order valence-corrected chi connectivity index (χ1v) is 12.1. The van der Waals surface area contributed by atoms with Gasteiger partial charge < -0.3 is 19.3 Å². The largest absolute Gasteiger partial charge is 0.493 e. The van der Waals surface area contributed by atoms with Gasteiger partial charge >= 0.3 is 0 Å². The Morgan fingerprint density at radius 1 is 1.03 bits per heavy atom. The molecule has 0 bridgehead atoms. The average molecular weight is 463 g/mol. The summed E-state index contributed by atoms with van der Waals surface area (Å²) < 4.78 is 16.5. The van der Waals surface area contributed by atoms with E-state index in [-0.39, 0.29) is 17.6 Å². The maximum Gasteiger partial charge on any atom is 0.233 e. The molecule has 0 spiro atoms. The standard InChI is InChI=1S/C26H26N2O4S/c1-14-23-24(15-5-8-18(33-4)9-6-15)25-19(27-26(23)32-28-14)11-17(12-20(25)29)16-7-10-21(30-2)22(13-16)31-3/h5-10,13,17,24,27H,11-12H2,1-4H3/t17-,24+/m1/s1. The summed E-state index contributed by atoms with van der Waals surface area (Å²) in [6, 6.07) is 14.3. The quantitative estimate of drug-likeness (QED) is 0.489. The molecule has 2 aliphatic rings. The zero-order chi connectivity index (χ0) is 23.1. The Labute approximate surface area is 197 Å². The van der Waals surface area contributed by atoms with Gasteiger partial charge in [0.2, 0.25) is 5.88 Å². The fraction of sp³-hybridized carbons (Fsp3) is 0.308. The summed E-state index contributed by atoms with van der Waals surface area (Å²) in [5.74, 6) is 1.97. The topological polar surface area (TPSA) is 73.6 Å². The van der Waals surface area contributed by atoms with Crippen LogP contribution in [0.15, 0.2) is 63.2 Å². The molecule has 170 valence electrons. The molecular weight excluding hydrogens is 436 g/mol. The molecule has 5 rings (SSSR count). The Bertz CT molecular complexity index is 1250. The van der Waals surface area contributed by atoms with Crippen LogP contribution >= 0.6 is 11.8 Å². The van der Waals surface area contributed by atoms with Crippen molar-refractivity contribution in [2.24, 2.45) is 0 Å². The third kappa shape index (κ3) is 3.70. The highest BCUT2D eigenvalue weighted by Gasteiger charge is 2.41. The highest BCUT2D eigenvalue weighted by atomic mass is 32.2. The number of rotatable bonds is 5. The van der Waals surface area contributed by atoms with Crippen molar-refractivity contribution >= 4 is 23.4 Å². The van der Waals surface area contributed by atoms with Crippen molar-refractivity contribution in [3.8, 4) is 11.5 Å². The van der Waals surface area contributed by atoms with Crippen LogP contribution in [0.4, 0.5) is 5.88 Å². The van der Waals surface area contributed by atoms with E-state index in [0.29, 0.717) is 30.2 Å². The van der Waals surface area contributed by atoms with Crippen molar-refractivity contribution in [2.45, 2.75) is 36.5 Å². The van der Waals surface area contributed by atoms with Gasteiger partial charge in [0.15, 0.2) is 17.3 Å². The molecule has 33 heavy (non-hydrogen) atoms. The number of fused-ring (bicyclic) bond motifs is 1. The first kappa shape index (κ1) is 21.6. The predicted molar refractivity (Wildman–Crippen MR) is 128 cm³/mol. The number of thioether (sulfide) groups is 1. The number of benzene rings is 2. The van der Waals surface area contributed by atoms with Gasteiger partial charge in [0, 0.05) is 28.5 Å². The van der Waals surface area contributed by atoms with Gasteiger partial charge in [-0.3, -0.25) is 4.79 Å². The third-order valence-corrected chi connectivity index (χ3v) is 7.33. The molecule has 1 aromatic heterocycles. The minimum absolute atomic E-state index is 0.0358. The summed E-state index contributed by atoms with van der Waals surface area (Å²) in [7, 11) is 3.24. The molecule has 7 heteroatoms. The lowest BCUT2D eigenvalue weighted by Gasteiger charge is -2.34. The normalized spacial score (nSPS) is 19.6. The van der Waals surface area contributed by atoms with Crippen molar-refractivity contribution in [1.82, 2.24) is 5.16 Å². The molecule has 0 fully saturated rings. The molecule has 0 amide bonds. The Kier molecular flexibility index (Phi) is 5.66. The van der Waals surface area contributed by atoms with Crippen LogP contribution in [0.1, 0.15) is 47.1 Å². The SMILES string of the molecule is COc1ccc([C@H]2CC(=O)C3=C(C2)Nc2onc(C)c2[C@@H]3c2ccc(SC)cc2)cc1OC. The number of aromatic nitrogens is 1. The van der Waals surface area contributed by atoms with E-state index in [0.717, 1.165) is 33.7 Å². The van der Waals surface area contributed by atoms with E-state index in [4.69, 9.17) is 14.0 Å². The third-order valence-electron chi connectivity index (χ3n) is 6.59. The molecule has 0 saturated heterocycles. The lowest BCUT2D eigenvalue weighted by molar-refractivity contribution is -0.116. The fourth-order valence-corrected chi connectivity index (χ4v) is 5.35. The summed E-state index contributed by atoms with van der Waals surface area (Å²) in [6.45, 7) is 1.93. The minimum Gasteiger partial charge on any atom is -0.493 e. The summed E-state index contributed by atoms with van der Waals surface area (Å²) >= 11 is 1.70.